The minimum Gasteiger partial charge on any atom is -0.444 e. The number of nitrogens with one attached hydrogen (secondary N) is 2. The third-order valence-corrected chi connectivity index (χ3v) is 4.40. The molecule has 2 unspecified atom stereocenters. The molecular formula is C24H39N3O5. The normalized spacial score (nSPS) is 13.8. The summed E-state index contributed by atoms with van der Waals surface area (Å²) in [5.41, 5.74) is 0.373. The second-order valence-corrected chi connectivity index (χ2v) is 10.3. The highest BCUT2D eigenvalue weighted by Crippen LogP contribution is 2.26. The minimum absolute atomic E-state index is 0.350. The number of aryl methyl sites for hydroxylation is 1. The van der Waals surface area contributed by atoms with Gasteiger partial charge < -0.3 is 25.4 Å². The number of alkyl carbamates (subject to hydrolysis) is 1. The van der Waals surface area contributed by atoms with Gasteiger partial charge in [-0.25, -0.2) is 4.79 Å². The third-order valence-electron chi connectivity index (χ3n) is 4.40. The fourth-order valence-corrected chi connectivity index (χ4v) is 3.12. The molecule has 0 radical (unpaired) electrons. The molecule has 2 atom stereocenters. The second-order valence-electron chi connectivity index (χ2n) is 10.3. The Balaban J connectivity index is 3.36. The number of nitrogens with zero attached hydrogens (tertiary/aromatic N) is 1. The topological polar surface area (TPSA) is 108 Å². The molecule has 1 aromatic carbocycles. The third kappa shape index (κ3) is 8.49. The average molecular weight is 450 g/mol. The number of benzene rings is 1. The predicted molar refractivity (Wildman–Crippen MR) is 124 cm³/mol. The Kier molecular flexibility index (Phi) is 9.26. The van der Waals surface area contributed by atoms with Gasteiger partial charge in [-0.2, -0.15) is 0 Å². The Morgan fingerprint density at radius 1 is 1.03 bits per heavy atom. The quantitative estimate of drug-likeness (QED) is 0.593. The summed E-state index contributed by atoms with van der Waals surface area (Å²) in [7, 11) is 0. The molecule has 3 N–H and O–H groups in total. The van der Waals surface area contributed by atoms with Crippen LogP contribution in [0.3, 0.4) is 0 Å². The molecule has 0 saturated heterocycles. The molecule has 0 aromatic heterocycles. The van der Waals surface area contributed by atoms with Crippen LogP contribution in [0.2, 0.25) is 0 Å². The second kappa shape index (κ2) is 10.8. The van der Waals surface area contributed by atoms with E-state index in [-0.39, 0.29) is 5.91 Å². The van der Waals surface area contributed by atoms with E-state index in [1.807, 2.05) is 39.8 Å². The number of amides is 3. The molecule has 0 saturated carbocycles. The number of aliphatic hydroxyl groups is 1. The van der Waals surface area contributed by atoms with Crippen molar-refractivity contribution in [3.63, 3.8) is 0 Å². The molecule has 180 valence electrons. The summed E-state index contributed by atoms with van der Waals surface area (Å²) in [6.45, 7) is 15.6. The van der Waals surface area contributed by atoms with Gasteiger partial charge in [0.25, 0.3) is 0 Å². The van der Waals surface area contributed by atoms with Crippen molar-refractivity contribution in [1.29, 1.82) is 0 Å². The largest absolute Gasteiger partial charge is 0.444 e. The first kappa shape index (κ1) is 27.4. The number of carbonyl (C=O) groups is 3. The molecule has 0 aliphatic carbocycles. The van der Waals surface area contributed by atoms with Crippen LogP contribution < -0.4 is 10.6 Å². The lowest BCUT2D eigenvalue weighted by atomic mass is 9.98. The monoisotopic (exact) mass is 449 g/mol. The summed E-state index contributed by atoms with van der Waals surface area (Å²) in [6.07, 6.45) is -0.820. The Bertz CT molecular complexity index is 791. The SMILES string of the molecule is Cc1ccc(C(C(=O)NC(C)(C)C)N(C(=O)C(CO)NC(=O)OC(C)(C)C)C(C)C)cc1. The molecule has 0 heterocycles. The summed E-state index contributed by atoms with van der Waals surface area (Å²) in [6, 6.07) is 4.75. The van der Waals surface area contributed by atoms with E-state index in [0.29, 0.717) is 5.56 Å². The van der Waals surface area contributed by atoms with Gasteiger partial charge in [0.15, 0.2) is 0 Å². The standard InChI is InChI=1S/C24H39N3O5/c1-15(2)27(21(30)18(14-28)25-22(31)32-24(7,8)9)19(20(29)26-23(4,5)6)17-12-10-16(3)11-13-17/h10-13,15,18-19,28H,14H2,1-9H3,(H,25,31)(H,26,29). The molecule has 0 spiro atoms. The molecule has 1 aromatic rings. The smallest absolute Gasteiger partial charge is 0.408 e. The summed E-state index contributed by atoms with van der Waals surface area (Å²) >= 11 is 0. The zero-order valence-electron chi connectivity index (χ0n) is 20.8. The number of rotatable bonds is 7. The zero-order chi connectivity index (χ0) is 24.9. The van der Waals surface area contributed by atoms with Gasteiger partial charge in [-0.05, 0) is 67.9 Å². The van der Waals surface area contributed by atoms with Crippen molar-refractivity contribution in [2.24, 2.45) is 0 Å². The van der Waals surface area contributed by atoms with E-state index >= 15 is 0 Å². The van der Waals surface area contributed by atoms with Gasteiger partial charge in [0.05, 0.1) is 6.61 Å². The Labute approximate surface area is 191 Å². The van der Waals surface area contributed by atoms with Crippen LogP contribution in [0.5, 0.6) is 0 Å². The lowest BCUT2D eigenvalue weighted by Crippen LogP contribution is -2.57. The van der Waals surface area contributed by atoms with Crippen molar-refractivity contribution in [1.82, 2.24) is 15.5 Å². The minimum atomic E-state index is -1.26. The first-order valence-electron chi connectivity index (χ1n) is 10.9. The van der Waals surface area contributed by atoms with E-state index < -0.39 is 47.9 Å². The fourth-order valence-electron chi connectivity index (χ4n) is 3.12. The van der Waals surface area contributed by atoms with E-state index in [0.717, 1.165) is 5.56 Å². The van der Waals surface area contributed by atoms with Crippen molar-refractivity contribution in [3.05, 3.63) is 35.4 Å². The van der Waals surface area contributed by atoms with Crippen molar-refractivity contribution < 1.29 is 24.2 Å². The van der Waals surface area contributed by atoms with E-state index in [2.05, 4.69) is 10.6 Å². The Morgan fingerprint density at radius 3 is 1.97 bits per heavy atom. The first-order valence-corrected chi connectivity index (χ1v) is 10.9. The maximum Gasteiger partial charge on any atom is 0.408 e. The van der Waals surface area contributed by atoms with Crippen molar-refractivity contribution >= 4 is 17.9 Å². The summed E-state index contributed by atoms with van der Waals surface area (Å²) in [5, 5.41) is 15.2. The van der Waals surface area contributed by atoms with Crippen molar-refractivity contribution in [3.8, 4) is 0 Å². The highest BCUT2D eigenvalue weighted by Gasteiger charge is 2.38. The molecule has 3 amide bonds. The summed E-state index contributed by atoms with van der Waals surface area (Å²) in [5.74, 6) is -0.930. The van der Waals surface area contributed by atoms with Crippen LogP contribution in [0.4, 0.5) is 4.79 Å². The van der Waals surface area contributed by atoms with Crippen LogP contribution in [0, 0.1) is 6.92 Å². The van der Waals surface area contributed by atoms with Crippen LogP contribution in [0.15, 0.2) is 24.3 Å². The number of hydrogen-bond acceptors (Lipinski definition) is 5. The zero-order valence-corrected chi connectivity index (χ0v) is 20.8. The van der Waals surface area contributed by atoms with Gasteiger partial charge in [0.1, 0.15) is 17.7 Å². The highest BCUT2D eigenvalue weighted by molar-refractivity contribution is 5.92. The van der Waals surface area contributed by atoms with Gasteiger partial charge in [-0.3, -0.25) is 9.59 Å². The average Bonchev–Trinajstić information content (AvgIpc) is 2.61. The molecule has 0 bridgehead atoms. The molecular weight excluding hydrogens is 410 g/mol. The molecule has 8 nitrogen and oxygen atoms in total. The van der Waals surface area contributed by atoms with E-state index in [1.54, 1.807) is 46.8 Å². The molecule has 0 fully saturated rings. The van der Waals surface area contributed by atoms with Gasteiger partial charge >= 0.3 is 6.09 Å². The van der Waals surface area contributed by atoms with Crippen LogP contribution in [-0.2, 0) is 14.3 Å². The molecule has 0 aliphatic heterocycles. The molecule has 32 heavy (non-hydrogen) atoms. The summed E-state index contributed by atoms with van der Waals surface area (Å²) < 4.78 is 5.22. The predicted octanol–water partition coefficient (Wildman–Crippen LogP) is 3.07. The Hall–Kier alpha value is -2.61. The maximum atomic E-state index is 13.5. The summed E-state index contributed by atoms with van der Waals surface area (Å²) in [4.78, 5) is 40.4. The fraction of sp³-hybridized carbons (Fsp3) is 0.625. The van der Waals surface area contributed by atoms with Gasteiger partial charge in [0.2, 0.25) is 11.8 Å². The van der Waals surface area contributed by atoms with Crippen molar-refractivity contribution in [2.75, 3.05) is 6.61 Å². The number of aliphatic hydroxyl groups excluding tert-OH is 1. The van der Waals surface area contributed by atoms with Crippen LogP contribution in [0.1, 0.15) is 72.6 Å². The Morgan fingerprint density at radius 2 is 1.56 bits per heavy atom. The lowest BCUT2D eigenvalue weighted by molar-refractivity contribution is -0.145. The van der Waals surface area contributed by atoms with Gasteiger partial charge in [-0.15, -0.1) is 0 Å². The van der Waals surface area contributed by atoms with E-state index in [1.165, 1.54) is 4.90 Å². The molecule has 8 heteroatoms. The van der Waals surface area contributed by atoms with Crippen molar-refractivity contribution in [2.45, 2.75) is 91.6 Å². The molecule has 1 rings (SSSR count). The van der Waals surface area contributed by atoms with Crippen LogP contribution in [0.25, 0.3) is 0 Å². The number of ether oxygens (including phenoxy) is 1. The maximum absolute atomic E-state index is 13.5. The number of hydrogen-bond donors (Lipinski definition) is 3. The number of carbonyl (C=O) groups excluding carboxylic acids is 3. The first-order chi connectivity index (χ1) is 14.6. The highest BCUT2D eigenvalue weighted by atomic mass is 16.6. The van der Waals surface area contributed by atoms with Crippen LogP contribution >= 0.6 is 0 Å². The van der Waals surface area contributed by atoms with E-state index in [4.69, 9.17) is 4.74 Å². The van der Waals surface area contributed by atoms with Gasteiger partial charge in [0, 0.05) is 11.6 Å². The molecule has 0 aliphatic rings. The lowest BCUT2D eigenvalue weighted by Gasteiger charge is -2.38. The van der Waals surface area contributed by atoms with Gasteiger partial charge in [-0.1, -0.05) is 29.8 Å². The van der Waals surface area contributed by atoms with Crippen LogP contribution in [-0.4, -0.2) is 57.7 Å². The van der Waals surface area contributed by atoms with E-state index in [9.17, 15) is 19.5 Å².